The number of pyridine rings is 2. The number of amides is 9. The molecule has 5 aliphatic rings. The number of carbonyl (C=O) groups is 10. The number of ether oxygens (including phenoxy) is 10. The van der Waals surface area contributed by atoms with Gasteiger partial charge in [0.25, 0.3) is 17.4 Å². The highest BCUT2D eigenvalue weighted by molar-refractivity contribution is 6.12. The molecule has 4 aromatic rings. The Kier molecular flexibility index (Phi) is 31.5. The number of cyclic esters (lactones) is 1. The quantitative estimate of drug-likeness (QED) is 0.0112. The minimum Gasteiger partial charge on any atom is -0.458 e. The summed E-state index contributed by atoms with van der Waals surface area (Å²) >= 11 is 0. The van der Waals surface area contributed by atoms with Crippen LogP contribution in [0, 0.1) is 18.7 Å². The number of nitrogens with zero attached hydrogens (tertiary/aromatic N) is 3. The Balaban J connectivity index is 0.553. The molecule has 0 radical (unpaired) electrons. The van der Waals surface area contributed by atoms with Crippen LogP contribution in [0.4, 0.5) is 4.39 Å². The molecule has 9 amide bonds. The summed E-state index contributed by atoms with van der Waals surface area (Å²) in [5.41, 5.74) is 2.28. The SMILES string of the molecule is CC[C@@]1(O)C(=O)OCc2c1cc1n(c2=O)Cc2c-1nc1cc(F)c(C)c3c1c2[C@@H](NC(=O)[C@H]1C[C@@H](OCNC(=O)CNC(=O)[C@H](Cc2ccccc2)NC(=O)CNC(=O)CNC(=O)COCCOCCOCCOCCOCCOCCOCCOCCNC(=O)CCCCCN2C(=O)C=CC2=O)C1)CC3. The summed E-state index contributed by atoms with van der Waals surface area (Å²) in [6.07, 6.45) is 6.18. The van der Waals surface area contributed by atoms with Gasteiger partial charge in [-0.15, -0.1) is 0 Å². The maximum atomic E-state index is 15.5. The number of halogens is 1. The van der Waals surface area contributed by atoms with Crippen molar-refractivity contribution < 1.29 is 105 Å². The van der Waals surface area contributed by atoms with Gasteiger partial charge in [0, 0.05) is 66.6 Å². The summed E-state index contributed by atoms with van der Waals surface area (Å²) in [5.74, 6) is -5.86. The van der Waals surface area contributed by atoms with Crippen molar-refractivity contribution in [1.29, 1.82) is 0 Å². The van der Waals surface area contributed by atoms with Crippen LogP contribution < -0.4 is 42.8 Å². The third-order valence-electron chi connectivity index (χ3n) is 18.6. The molecule has 9 rings (SSSR count). The van der Waals surface area contributed by atoms with E-state index in [4.69, 9.17) is 52.4 Å². The first-order chi connectivity index (χ1) is 51.3. The van der Waals surface area contributed by atoms with E-state index in [0.29, 0.717) is 176 Å². The van der Waals surface area contributed by atoms with Gasteiger partial charge in [0.15, 0.2) is 5.60 Å². The molecule has 0 unspecified atom stereocenters. The average molecular weight is 1480 g/mol. The van der Waals surface area contributed by atoms with Gasteiger partial charge >= 0.3 is 5.97 Å². The molecule has 0 saturated heterocycles. The molecule has 2 aliphatic carbocycles. The molecule has 576 valence electrons. The van der Waals surface area contributed by atoms with E-state index < -0.39 is 90.1 Å². The Morgan fingerprint density at radius 1 is 0.679 bits per heavy atom. The predicted molar refractivity (Wildman–Crippen MR) is 374 cm³/mol. The van der Waals surface area contributed by atoms with Crippen molar-refractivity contribution in [2.75, 3.05) is 145 Å². The number of carbonyl (C=O) groups excluding carboxylic acids is 10. The van der Waals surface area contributed by atoms with Crippen LogP contribution in [0.2, 0.25) is 0 Å². The topological polar surface area (TPSA) is 406 Å². The number of aliphatic hydroxyl groups is 1. The molecule has 1 fully saturated rings. The molecular weight excluding hydrogens is 1390 g/mol. The van der Waals surface area contributed by atoms with Gasteiger partial charge in [-0.1, -0.05) is 43.7 Å². The number of nitrogens with one attached hydrogen (secondary N) is 7. The van der Waals surface area contributed by atoms with Crippen molar-refractivity contribution in [3.8, 4) is 11.4 Å². The van der Waals surface area contributed by atoms with E-state index in [1.165, 1.54) is 27.7 Å². The zero-order valence-electron chi connectivity index (χ0n) is 59.8. The monoisotopic (exact) mass is 1480 g/mol. The summed E-state index contributed by atoms with van der Waals surface area (Å²) < 4.78 is 71.8. The summed E-state index contributed by atoms with van der Waals surface area (Å²) in [6, 6.07) is 10.1. The van der Waals surface area contributed by atoms with Gasteiger partial charge in [-0.3, -0.25) is 52.8 Å². The highest BCUT2D eigenvalue weighted by atomic mass is 19.1. The number of imide groups is 1. The zero-order chi connectivity index (χ0) is 75.4. The fourth-order valence-electron chi connectivity index (χ4n) is 12.7. The number of benzene rings is 2. The average Bonchev–Trinajstić information content (AvgIpc) is 1.44. The molecule has 0 spiro atoms. The van der Waals surface area contributed by atoms with Crippen molar-refractivity contribution >= 4 is 70.0 Å². The summed E-state index contributed by atoms with van der Waals surface area (Å²) in [5, 5.41) is 30.7. The Bertz CT molecular complexity index is 3840. The zero-order valence-corrected chi connectivity index (χ0v) is 59.8. The lowest BCUT2D eigenvalue weighted by molar-refractivity contribution is -0.172. The highest BCUT2D eigenvalue weighted by Crippen LogP contribution is 2.46. The van der Waals surface area contributed by atoms with Crippen LogP contribution in [0.15, 0.2) is 59.4 Å². The normalized spacial score (nSPS) is 17.8. The van der Waals surface area contributed by atoms with Gasteiger partial charge in [-0.2, -0.15) is 0 Å². The molecule has 33 heteroatoms. The molecule has 3 aliphatic heterocycles. The van der Waals surface area contributed by atoms with Gasteiger partial charge in [-0.25, -0.2) is 14.2 Å². The fourth-order valence-corrected chi connectivity index (χ4v) is 12.7. The highest BCUT2D eigenvalue weighted by Gasteiger charge is 2.46. The van der Waals surface area contributed by atoms with Crippen molar-refractivity contribution in [3.05, 3.63) is 110 Å². The summed E-state index contributed by atoms with van der Waals surface area (Å²) in [6.45, 7) is 6.94. The van der Waals surface area contributed by atoms with Crippen LogP contribution in [0.1, 0.15) is 103 Å². The van der Waals surface area contributed by atoms with E-state index in [1.54, 1.807) is 50.2 Å². The maximum absolute atomic E-state index is 15.5. The van der Waals surface area contributed by atoms with Crippen LogP contribution in [0.3, 0.4) is 0 Å². The molecule has 8 N–H and O–H groups in total. The first-order valence-electron chi connectivity index (χ1n) is 35.9. The smallest absolute Gasteiger partial charge is 0.343 e. The predicted octanol–water partition coefficient (Wildman–Crippen LogP) is 0.310. The Hall–Kier alpha value is -9.03. The fraction of sp³-hybridized carbons (Fsp3) is 0.562. The second-order valence-electron chi connectivity index (χ2n) is 25.9. The first kappa shape index (κ1) is 81.1. The second kappa shape index (κ2) is 41.2. The van der Waals surface area contributed by atoms with E-state index in [2.05, 4.69) is 37.2 Å². The van der Waals surface area contributed by atoms with Crippen molar-refractivity contribution in [3.63, 3.8) is 0 Å². The Morgan fingerprint density at radius 3 is 1.92 bits per heavy atom. The molecule has 106 heavy (non-hydrogen) atoms. The van der Waals surface area contributed by atoms with E-state index in [-0.39, 0.29) is 100 Å². The molecule has 1 saturated carbocycles. The summed E-state index contributed by atoms with van der Waals surface area (Å²) in [7, 11) is 0. The van der Waals surface area contributed by atoms with Crippen molar-refractivity contribution in [2.45, 2.75) is 115 Å². The van der Waals surface area contributed by atoms with Crippen LogP contribution in [-0.2, 0) is 127 Å². The largest absolute Gasteiger partial charge is 0.458 e. The third kappa shape index (κ3) is 23.0. The number of rotatable bonds is 48. The number of aromatic nitrogens is 2. The molecule has 32 nitrogen and oxygen atoms in total. The number of hydrogen-bond donors (Lipinski definition) is 8. The second-order valence-corrected chi connectivity index (χ2v) is 25.9. The molecular formula is C73H95FN10O22. The van der Waals surface area contributed by atoms with Crippen LogP contribution in [0.25, 0.3) is 22.3 Å². The van der Waals surface area contributed by atoms with E-state index in [1.807, 2.05) is 0 Å². The third-order valence-corrected chi connectivity index (χ3v) is 18.6. The Morgan fingerprint density at radius 2 is 1.27 bits per heavy atom. The molecule has 5 heterocycles. The standard InChI is InChI=1S/C73H95FN10O22/c1-3-73(96)53-37-58-68-51(42-84(58)71(94)52(53)43-105-72(73)95)67-55(14-13-50-46(2)54(74)38-56(81-68)66(50)67)82-69(92)48-35-49(36-48)106-45-79-61(87)40-78-70(93)57(34-47-10-6-4-7-11-47)80-62(88)41-76-60(86)39-77-63(89)44-104-33-32-103-31-30-102-29-28-101-27-26-100-25-24-99-23-22-98-21-20-97-19-17-75-59(85)12-8-5-9-18-83-64(90)15-16-65(83)91/h4,6-7,10-11,15-16,37-38,48-49,55,57,96H,3,5,8-9,12-14,17-36,39-45H2,1-2H3,(H,75,85)(H,76,86)(H,77,89)(H,78,93)(H,79,87)(H,80,88)(H,82,92)/t48-,49+,55-,57-,73-/m0/s1. The number of fused-ring (bicyclic) bond motifs is 5. The number of unbranched alkanes of at least 4 members (excludes halogenated alkanes) is 2. The van der Waals surface area contributed by atoms with Gasteiger partial charge in [-0.05, 0) is 80.2 Å². The van der Waals surface area contributed by atoms with Crippen LogP contribution in [0.5, 0.6) is 0 Å². The van der Waals surface area contributed by atoms with Crippen LogP contribution in [-0.4, -0.2) is 236 Å². The van der Waals surface area contributed by atoms with E-state index >= 15 is 4.39 Å². The van der Waals surface area contributed by atoms with E-state index in [0.717, 1.165) is 17.5 Å². The summed E-state index contributed by atoms with van der Waals surface area (Å²) in [4.78, 5) is 146. The van der Waals surface area contributed by atoms with Gasteiger partial charge in [0.1, 0.15) is 31.8 Å². The lowest BCUT2D eigenvalue weighted by Gasteiger charge is -2.36. The van der Waals surface area contributed by atoms with Gasteiger partial charge in [0.2, 0.25) is 41.4 Å². The molecule has 2 aromatic heterocycles. The minimum absolute atomic E-state index is 0.0370. The number of aryl methyl sites for hydroxylation is 1. The van der Waals surface area contributed by atoms with Gasteiger partial charge < -0.3 is 94.3 Å². The van der Waals surface area contributed by atoms with Crippen molar-refractivity contribution in [2.24, 2.45) is 5.92 Å². The molecule has 0 bridgehead atoms. The minimum atomic E-state index is -2.04. The lowest BCUT2D eigenvalue weighted by Crippen LogP contribution is -2.52. The van der Waals surface area contributed by atoms with Gasteiger partial charge in [0.05, 0.1) is 160 Å². The molecule has 2 aromatic carbocycles. The number of hydrogen-bond acceptors (Lipinski definition) is 23. The lowest BCUT2D eigenvalue weighted by atomic mass is 9.79. The van der Waals surface area contributed by atoms with Crippen LogP contribution >= 0.6 is 0 Å². The van der Waals surface area contributed by atoms with E-state index in [9.17, 15) is 57.8 Å². The first-order valence-corrected chi connectivity index (χ1v) is 35.9. The molecule has 3 atom stereocenters. The maximum Gasteiger partial charge on any atom is 0.343 e. The number of esters is 1. The van der Waals surface area contributed by atoms with Crippen molar-refractivity contribution in [1.82, 2.24) is 51.7 Å². The Labute approximate surface area is 611 Å².